The van der Waals surface area contributed by atoms with Crippen LogP contribution in [0.3, 0.4) is 0 Å². The quantitative estimate of drug-likeness (QED) is 0.420. The minimum Gasteiger partial charge on any atom is -0.387 e. The molecule has 5 N–H and O–H groups in total. The van der Waals surface area contributed by atoms with Crippen LogP contribution in [0.25, 0.3) is 0 Å². The highest BCUT2D eigenvalue weighted by molar-refractivity contribution is 5.78. The Morgan fingerprint density at radius 2 is 2.18 bits per heavy atom. The lowest BCUT2D eigenvalue weighted by atomic mass is 10.1. The summed E-state index contributed by atoms with van der Waals surface area (Å²) >= 11 is 0. The predicted octanol–water partition coefficient (Wildman–Crippen LogP) is -1.63. The largest absolute Gasteiger partial charge is 0.387 e. The van der Waals surface area contributed by atoms with Crippen molar-refractivity contribution in [3.63, 3.8) is 0 Å². The fourth-order valence-corrected chi connectivity index (χ4v) is 2.08. The van der Waals surface area contributed by atoms with Crippen molar-refractivity contribution in [1.29, 1.82) is 0 Å². The number of hydrogen-bond donors (Lipinski definition) is 4. The van der Waals surface area contributed by atoms with Gasteiger partial charge in [-0.05, 0) is 19.3 Å². The van der Waals surface area contributed by atoms with E-state index in [1.54, 1.807) is 4.90 Å². The molecule has 2 fully saturated rings. The standard InChI is InChI=1S/C11H21N3O3/c12-8(6-14-5-1-2-9(14)15)10(16)11(17)13-7-3-4-7/h7-8,10-11,13,16-17H,1-6,12H2/t8-,10?,11?/m0/s1. The molecule has 1 amide bonds. The summed E-state index contributed by atoms with van der Waals surface area (Å²) < 4.78 is 0. The average molecular weight is 243 g/mol. The van der Waals surface area contributed by atoms with Crippen LogP contribution in [0.4, 0.5) is 0 Å². The molecule has 1 aliphatic heterocycles. The van der Waals surface area contributed by atoms with Crippen molar-refractivity contribution >= 4 is 5.91 Å². The van der Waals surface area contributed by atoms with Crippen LogP contribution in [0.1, 0.15) is 25.7 Å². The fourth-order valence-electron chi connectivity index (χ4n) is 2.08. The van der Waals surface area contributed by atoms with Crippen molar-refractivity contribution in [2.24, 2.45) is 5.73 Å². The molecule has 6 heteroatoms. The van der Waals surface area contributed by atoms with Crippen LogP contribution in [-0.2, 0) is 4.79 Å². The zero-order valence-electron chi connectivity index (χ0n) is 9.88. The SMILES string of the molecule is N[C@@H](CN1CCCC1=O)C(O)C(O)NC1CC1. The lowest BCUT2D eigenvalue weighted by Crippen LogP contribution is -2.54. The van der Waals surface area contributed by atoms with E-state index in [0.29, 0.717) is 25.6 Å². The Hall–Kier alpha value is -0.690. The molecule has 2 unspecified atom stereocenters. The molecule has 0 aromatic carbocycles. The van der Waals surface area contributed by atoms with Gasteiger partial charge in [0.2, 0.25) is 5.91 Å². The van der Waals surface area contributed by atoms with Crippen molar-refractivity contribution in [1.82, 2.24) is 10.2 Å². The zero-order chi connectivity index (χ0) is 12.4. The molecule has 1 saturated heterocycles. The number of amides is 1. The van der Waals surface area contributed by atoms with E-state index in [-0.39, 0.29) is 5.91 Å². The Bertz CT molecular complexity index is 283. The van der Waals surface area contributed by atoms with E-state index in [1.807, 2.05) is 0 Å². The van der Waals surface area contributed by atoms with Crippen LogP contribution in [0.5, 0.6) is 0 Å². The number of carbonyl (C=O) groups is 1. The van der Waals surface area contributed by atoms with Gasteiger partial charge in [-0.3, -0.25) is 10.1 Å². The number of rotatable bonds is 6. The minimum atomic E-state index is -1.04. The maximum Gasteiger partial charge on any atom is 0.222 e. The molecule has 2 aliphatic rings. The Labute approximate surface area is 101 Å². The van der Waals surface area contributed by atoms with Crippen LogP contribution in [-0.4, -0.2) is 58.5 Å². The summed E-state index contributed by atoms with van der Waals surface area (Å²) in [4.78, 5) is 13.1. The number of nitrogens with two attached hydrogens (primary N) is 1. The van der Waals surface area contributed by atoms with E-state index in [2.05, 4.69) is 5.32 Å². The molecule has 1 saturated carbocycles. The van der Waals surface area contributed by atoms with E-state index in [4.69, 9.17) is 5.73 Å². The van der Waals surface area contributed by atoms with E-state index in [1.165, 1.54) is 0 Å². The smallest absolute Gasteiger partial charge is 0.222 e. The average Bonchev–Trinajstić information content (AvgIpc) is 3.02. The van der Waals surface area contributed by atoms with Gasteiger partial charge in [-0.25, -0.2) is 0 Å². The number of nitrogens with zero attached hydrogens (tertiary/aromatic N) is 1. The van der Waals surface area contributed by atoms with Gasteiger partial charge in [-0.2, -0.15) is 0 Å². The molecule has 0 aromatic heterocycles. The summed E-state index contributed by atoms with van der Waals surface area (Å²) in [6.07, 6.45) is 1.43. The molecule has 17 heavy (non-hydrogen) atoms. The van der Waals surface area contributed by atoms with Gasteiger partial charge < -0.3 is 20.8 Å². The molecule has 0 aromatic rings. The Morgan fingerprint density at radius 1 is 1.47 bits per heavy atom. The molecule has 1 heterocycles. The lowest BCUT2D eigenvalue weighted by molar-refractivity contribution is -0.128. The Balaban J connectivity index is 1.76. The maximum absolute atomic E-state index is 11.4. The highest BCUT2D eigenvalue weighted by atomic mass is 16.3. The second-order valence-electron chi connectivity index (χ2n) is 4.98. The molecule has 3 atom stereocenters. The summed E-state index contributed by atoms with van der Waals surface area (Å²) in [5, 5.41) is 22.4. The Morgan fingerprint density at radius 3 is 2.71 bits per heavy atom. The van der Waals surface area contributed by atoms with Crippen molar-refractivity contribution in [3.8, 4) is 0 Å². The van der Waals surface area contributed by atoms with Gasteiger partial charge in [0.1, 0.15) is 12.3 Å². The highest BCUT2D eigenvalue weighted by Crippen LogP contribution is 2.20. The van der Waals surface area contributed by atoms with Gasteiger partial charge in [0.05, 0.1) is 6.04 Å². The third-order valence-corrected chi connectivity index (χ3v) is 3.35. The summed E-state index contributed by atoms with van der Waals surface area (Å²) in [7, 11) is 0. The van der Waals surface area contributed by atoms with Crippen LogP contribution in [0, 0.1) is 0 Å². The van der Waals surface area contributed by atoms with Gasteiger partial charge in [0.25, 0.3) is 0 Å². The molecular weight excluding hydrogens is 222 g/mol. The monoisotopic (exact) mass is 243 g/mol. The predicted molar refractivity (Wildman–Crippen MR) is 62.0 cm³/mol. The number of nitrogens with one attached hydrogen (secondary N) is 1. The number of hydrogen-bond acceptors (Lipinski definition) is 5. The minimum absolute atomic E-state index is 0.0808. The van der Waals surface area contributed by atoms with Crippen LogP contribution in [0.15, 0.2) is 0 Å². The van der Waals surface area contributed by atoms with Gasteiger partial charge in [-0.1, -0.05) is 0 Å². The third kappa shape index (κ3) is 3.38. The van der Waals surface area contributed by atoms with Crippen LogP contribution < -0.4 is 11.1 Å². The van der Waals surface area contributed by atoms with Gasteiger partial charge >= 0.3 is 0 Å². The number of aliphatic hydroxyl groups is 2. The van der Waals surface area contributed by atoms with E-state index in [9.17, 15) is 15.0 Å². The highest BCUT2D eigenvalue weighted by Gasteiger charge is 2.32. The topological polar surface area (TPSA) is 98.8 Å². The first-order valence-electron chi connectivity index (χ1n) is 6.23. The third-order valence-electron chi connectivity index (χ3n) is 3.35. The van der Waals surface area contributed by atoms with Crippen LogP contribution >= 0.6 is 0 Å². The fraction of sp³-hybridized carbons (Fsp3) is 0.909. The van der Waals surface area contributed by atoms with E-state index < -0.39 is 18.4 Å². The van der Waals surface area contributed by atoms with E-state index >= 15 is 0 Å². The first-order chi connectivity index (χ1) is 8.08. The number of likely N-dealkylation sites (tertiary alicyclic amines) is 1. The molecule has 2 rings (SSSR count). The maximum atomic E-state index is 11.4. The molecular formula is C11H21N3O3. The lowest BCUT2D eigenvalue weighted by Gasteiger charge is -2.28. The molecule has 98 valence electrons. The second kappa shape index (κ2) is 5.30. The number of aliphatic hydroxyl groups excluding tert-OH is 2. The first-order valence-corrected chi connectivity index (χ1v) is 6.23. The summed E-state index contributed by atoms with van der Waals surface area (Å²) in [5.41, 5.74) is 5.81. The molecule has 6 nitrogen and oxygen atoms in total. The van der Waals surface area contributed by atoms with E-state index in [0.717, 1.165) is 19.3 Å². The van der Waals surface area contributed by atoms with Crippen molar-refractivity contribution in [2.75, 3.05) is 13.1 Å². The van der Waals surface area contributed by atoms with Crippen molar-refractivity contribution in [2.45, 2.75) is 50.1 Å². The first kappa shape index (κ1) is 12.8. The molecule has 0 spiro atoms. The molecule has 0 bridgehead atoms. The summed E-state index contributed by atoms with van der Waals surface area (Å²) in [5.74, 6) is 0.0808. The van der Waals surface area contributed by atoms with Gasteiger partial charge in [0, 0.05) is 25.6 Å². The van der Waals surface area contributed by atoms with Crippen LogP contribution in [0.2, 0.25) is 0 Å². The van der Waals surface area contributed by atoms with Gasteiger partial charge in [-0.15, -0.1) is 0 Å². The Kier molecular flexibility index (Phi) is 3.98. The molecule has 0 radical (unpaired) electrons. The van der Waals surface area contributed by atoms with Crippen molar-refractivity contribution < 1.29 is 15.0 Å². The number of carbonyl (C=O) groups excluding carboxylic acids is 1. The second-order valence-corrected chi connectivity index (χ2v) is 4.98. The summed E-state index contributed by atoms with van der Waals surface area (Å²) in [6.45, 7) is 1.01. The zero-order valence-corrected chi connectivity index (χ0v) is 9.88. The van der Waals surface area contributed by atoms with Gasteiger partial charge in [0.15, 0.2) is 0 Å². The van der Waals surface area contributed by atoms with Crippen molar-refractivity contribution in [3.05, 3.63) is 0 Å². The summed E-state index contributed by atoms with van der Waals surface area (Å²) in [6, 6.07) is -0.307. The molecule has 1 aliphatic carbocycles. The normalized spacial score (nSPS) is 26.1.